The van der Waals surface area contributed by atoms with Crippen molar-refractivity contribution < 1.29 is 0 Å². The Kier molecular flexibility index (Phi) is 3.59. The van der Waals surface area contributed by atoms with Crippen LogP contribution >= 0.6 is 0 Å². The summed E-state index contributed by atoms with van der Waals surface area (Å²) in [5.41, 5.74) is 4.59. The van der Waals surface area contributed by atoms with Crippen molar-refractivity contribution in [2.45, 2.75) is 59.3 Å². The van der Waals surface area contributed by atoms with Crippen LogP contribution in [0.4, 0.5) is 0 Å². The predicted molar refractivity (Wildman–Crippen MR) is 68.6 cm³/mol. The second-order valence-electron chi connectivity index (χ2n) is 5.69. The molecule has 1 unspecified atom stereocenters. The molecule has 0 aliphatic rings. The minimum atomic E-state index is 0.258. The fraction of sp³-hybridized carbons (Fsp3) is 0.600. The van der Waals surface area contributed by atoms with Gasteiger partial charge in [0.15, 0.2) is 0 Å². The number of hydrogen-bond donors (Lipinski definition) is 0. The van der Waals surface area contributed by atoms with E-state index >= 15 is 0 Å². The summed E-state index contributed by atoms with van der Waals surface area (Å²) in [7, 11) is 0. The van der Waals surface area contributed by atoms with Gasteiger partial charge in [-0.3, -0.25) is 0 Å². The summed E-state index contributed by atoms with van der Waals surface area (Å²) in [5, 5.41) is 0. The van der Waals surface area contributed by atoms with Gasteiger partial charge in [0.1, 0.15) is 0 Å². The Morgan fingerprint density at radius 1 is 1.13 bits per heavy atom. The second-order valence-corrected chi connectivity index (χ2v) is 5.69. The van der Waals surface area contributed by atoms with Gasteiger partial charge in [-0.25, -0.2) is 0 Å². The standard InChI is InChI=1S/C15H24/c1-7-12(3)13-8-11(2)9-14(10-13)15(4,5)6/h8-10,12H,7H2,1-6H3. The first-order valence-electron chi connectivity index (χ1n) is 5.96. The molecule has 0 bridgehead atoms. The van der Waals surface area contributed by atoms with E-state index in [2.05, 4.69) is 59.7 Å². The lowest BCUT2D eigenvalue weighted by molar-refractivity contribution is 0.586. The Bertz CT molecular complexity index is 328. The highest BCUT2D eigenvalue weighted by molar-refractivity contribution is 5.35. The lowest BCUT2D eigenvalue weighted by Gasteiger charge is -2.22. The molecule has 1 aromatic carbocycles. The molecule has 0 heterocycles. The van der Waals surface area contributed by atoms with Crippen molar-refractivity contribution >= 4 is 0 Å². The molecule has 0 heteroatoms. The topological polar surface area (TPSA) is 0 Å². The molecule has 84 valence electrons. The highest BCUT2D eigenvalue weighted by atomic mass is 14.2. The summed E-state index contributed by atoms with van der Waals surface area (Å²) < 4.78 is 0. The van der Waals surface area contributed by atoms with Crippen molar-refractivity contribution in [3.63, 3.8) is 0 Å². The average Bonchev–Trinajstić information content (AvgIpc) is 2.14. The first-order valence-corrected chi connectivity index (χ1v) is 5.96. The van der Waals surface area contributed by atoms with Crippen LogP contribution in [0.3, 0.4) is 0 Å². The molecule has 0 nitrogen and oxygen atoms in total. The summed E-state index contributed by atoms with van der Waals surface area (Å²) in [5.74, 6) is 0.672. The number of rotatable bonds is 2. The van der Waals surface area contributed by atoms with Gasteiger partial charge in [0.2, 0.25) is 0 Å². The summed E-state index contributed by atoms with van der Waals surface area (Å²) >= 11 is 0. The lowest BCUT2D eigenvalue weighted by Crippen LogP contribution is -2.12. The van der Waals surface area contributed by atoms with Crippen LogP contribution in [0.1, 0.15) is 63.6 Å². The molecule has 0 fully saturated rings. The van der Waals surface area contributed by atoms with E-state index < -0.39 is 0 Å². The molecule has 0 aromatic heterocycles. The van der Waals surface area contributed by atoms with Crippen molar-refractivity contribution in [2.24, 2.45) is 0 Å². The van der Waals surface area contributed by atoms with E-state index in [4.69, 9.17) is 0 Å². The van der Waals surface area contributed by atoms with Crippen LogP contribution in [0.2, 0.25) is 0 Å². The van der Waals surface area contributed by atoms with Crippen molar-refractivity contribution in [3.8, 4) is 0 Å². The molecular weight excluding hydrogens is 180 g/mol. The fourth-order valence-corrected chi connectivity index (χ4v) is 1.77. The quantitative estimate of drug-likeness (QED) is 0.648. The monoisotopic (exact) mass is 204 g/mol. The van der Waals surface area contributed by atoms with E-state index in [1.54, 1.807) is 0 Å². The first kappa shape index (κ1) is 12.3. The smallest absolute Gasteiger partial charge is 0.0132 e. The van der Waals surface area contributed by atoms with E-state index in [0.29, 0.717) is 5.92 Å². The molecule has 1 atom stereocenters. The minimum absolute atomic E-state index is 0.258. The Hall–Kier alpha value is -0.780. The van der Waals surface area contributed by atoms with Gasteiger partial charge in [0.25, 0.3) is 0 Å². The molecule has 0 aliphatic carbocycles. The highest BCUT2D eigenvalue weighted by Gasteiger charge is 2.15. The van der Waals surface area contributed by atoms with Crippen LogP contribution in [-0.2, 0) is 5.41 Å². The zero-order chi connectivity index (χ0) is 11.6. The van der Waals surface area contributed by atoms with Crippen molar-refractivity contribution in [1.29, 1.82) is 0 Å². The molecule has 1 aromatic rings. The normalized spacial score (nSPS) is 14.0. The molecule has 0 radical (unpaired) electrons. The molecule has 0 aliphatic heterocycles. The highest BCUT2D eigenvalue weighted by Crippen LogP contribution is 2.28. The van der Waals surface area contributed by atoms with Crippen molar-refractivity contribution in [2.75, 3.05) is 0 Å². The molecule has 15 heavy (non-hydrogen) atoms. The van der Waals surface area contributed by atoms with E-state index in [1.807, 2.05) is 0 Å². The molecule has 0 spiro atoms. The van der Waals surface area contributed by atoms with Crippen LogP contribution < -0.4 is 0 Å². The zero-order valence-electron chi connectivity index (χ0n) is 11.0. The first-order chi connectivity index (χ1) is 6.84. The van der Waals surface area contributed by atoms with Crippen LogP contribution in [-0.4, -0.2) is 0 Å². The Morgan fingerprint density at radius 3 is 2.20 bits per heavy atom. The summed E-state index contributed by atoms with van der Waals surface area (Å²) in [4.78, 5) is 0. The second kappa shape index (κ2) is 4.38. The zero-order valence-corrected chi connectivity index (χ0v) is 11.0. The van der Waals surface area contributed by atoms with Gasteiger partial charge in [-0.05, 0) is 35.8 Å². The lowest BCUT2D eigenvalue weighted by atomic mass is 9.83. The SMILES string of the molecule is CCC(C)c1cc(C)cc(C(C)(C)C)c1. The predicted octanol–water partition coefficient (Wildman–Crippen LogP) is 4.81. The summed E-state index contributed by atoms with van der Waals surface area (Å²) in [6, 6.07) is 7.01. The van der Waals surface area contributed by atoms with Gasteiger partial charge in [0, 0.05) is 0 Å². The number of aryl methyl sites for hydroxylation is 1. The van der Waals surface area contributed by atoms with Gasteiger partial charge < -0.3 is 0 Å². The molecule has 0 saturated heterocycles. The summed E-state index contributed by atoms with van der Waals surface area (Å²) in [6.07, 6.45) is 1.22. The van der Waals surface area contributed by atoms with E-state index in [0.717, 1.165) is 0 Å². The Labute approximate surface area is 94.7 Å². The maximum absolute atomic E-state index is 2.38. The van der Waals surface area contributed by atoms with Crippen molar-refractivity contribution in [1.82, 2.24) is 0 Å². The third-order valence-corrected chi connectivity index (χ3v) is 3.15. The molecule has 0 amide bonds. The Balaban J connectivity index is 3.17. The average molecular weight is 204 g/mol. The van der Waals surface area contributed by atoms with Gasteiger partial charge in [-0.15, -0.1) is 0 Å². The van der Waals surface area contributed by atoms with Crippen LogP contribution in [0.5, 0.6) is 0 Å². The van der Waals surface area contributed by atoms with Crippen LogP contribution in [0, 0.1) is 6.92 Å². The summed E-state index contributed by atoms with van der Waals surface area (Å²) in [6.45, 7) is 13.6. The van der Waals surface area contributed by atoms with Gasteiger partial charge in [-0.2, -0.15) is 0 Å². The van der Waals surface area contributed by atoms with Crippen LogP contribution in [0.25, 0.3) is 0 Å². The minimum Gasteiger partial charge on any atom is -0.0648 e. The third kappa shape index (κ3) is 3.09. The van der Waals surface area contributed by atoms with Gasteiger partial charge >= 0.3 is 0 Å². The largest absolute Gasteiger partial charge is 0.0648 e. The van der Waals surface area contributed by atoms with Crippen molar-refractivity contribution in [3.05, 3.63) is 34.9 Å². The Morgan fingerprint density at radius 2 is 1.73 bits per heavy atom. The van der Waals surface area contributed by atoms with Gasteiger partial charge in [0.05, 0.1) is 0 Å². The molecule has 0 N–H and O–H groups in total. The van der Waals surface area contributed by atoms with E-state index in [9.17, 15) is 0 Å². The third-order valence-electron chi connectivity index (χ3n) is 3.15. The molecule has 1 rings (SSSR count). The van der Waals surface area contributed by atoms with E-state index in [-0.39, 0.29) is 5.41 Å². The van der Waals surface area contributed by atoms with Gasteiger partial charge in [-0.1, -0.05) is 58.4 Å². The molecular formula is C15H24. The maximum Gasteiger partial charge on any atom is -0.0132 e. The number of hydrogen-bond acceptors (Lipinski definition) is 0. The van der Waals surface area contributed by atoms with E-state index in [1.165, 1.54) is 23.1 Å². The maximum atomic E-state index is 2.38. The fourth-order valence-electron chi connectivity index (χ4n) is 1.77. The number of benzene rings is 1. The molecule has 0 saturated carbocycles. The van der Waals surface area contributed by atoms with Crippen LogP contribution in [0.15, 0.2) is 18.2 Å².